The lowest BCUT2D eigenvalue weighted by Crippen LogP contribution is -2.37. The predicted molar refractivity (Wildman–Crippen MR) is 190 cm³/mol. The first kappa shape index (κ1) is 45.2. The van der Waals surface area contributed by atoms with Crippen molar-refractivity contribution in [1.29, 1.82) is 0 Å². The number of nitrogens with zero attached hydrogens (tertiary/aromatic N) is 1. The molecule has 2 atom stereocenters. The molecule has 0 heterocycles. The van der Waals surface area contributed by atoms with Crippen molar-refractivity contribution in [2.24, 2.45) is 0 Å². The van der Waals surface area contributed by atoms with Crippen LogP contribution in [-0.4, -0.2) is 70.7 Å². The summed E-state index contributed by atoms with van der Waals surface area (Å²) in [4.78, 5) is 24.9. The number of carbonyl (C=O) groups is 1. The monoisotopic (exact) mass is 676 g/mol. The van der Waals surface area contributed by atoms with Crippen LogP contribution in [-0.2, 0) is 27.9 Å². The van der Waals surface area contributed by atoms with Crippen LogP contribution >= 0.6 is 7.82 Å². The molecule has 2 unspecified atom stereocenters. The second-order valence-corrected chi connectivity index (χ2v) is 15.4. The number of carbonyl (C=O) groups excluding carboxylic acids is 1. The summed E-state index contributed by atoms with van der Waals surface area (Å²) in [6.45, 7) is 5.35. The van der Waals surface area contributed by atoms with Gasteiger partial charge in [-0.25, -0.2) is 0 Å². The number of unbranched alkanes of at least 4 members (excludes halogenated alkanes) is 19. The van der Waals surface area contributed by atoms with Gasteiger partial charge in [-0.3, -0.25) is 9.36 Å². The Morgan fingerprint density at radius 1 is 0.652 bits per heavy atom. The third kappa shape index (κ3) is 34.6. The van der Waals surface area contributed by atoms with Crippen LogP contribution in [0.15, 0.2) is 12.2 Å². The van der Waals surface area contributed by atoms with Crippen LogP contribution in [0.5, 0.6) is 0 Å². The second-order valence-electron chi connectivity index (χ2n) is 13.9. The van der Waals surface area contributed by atoms with E-state index in [2.05, 4.69) is 26.0 Å². The summed E-state index contributed by atoms with van der Waals surface area (Å²) < 4.78 is 34.4. The summed E-state index contributed by atoms with van der Waals surface area (Å²) in [5.41, 5.74) is 0. The molecule has 0 aromatic heterocycles. The van der Waals surface area contributed by atoms with Crippen molar-refractivity contribution < 1.29 is 37.3 Å². The molecule has 0 rings (SSSR count). The molecular formula is C37H74NO7P. The maximum Gasteiger partial charge on any atom is 0.306 e. The molecule has 0 radical (unpaired) electrons. The van der Waals surface area contributed by atoms with Gasteiger partial charge < -0.3 is 27.9 Å². The number of phosphoric acid groups is 1. The molecule has 0 aliphatic rings. The van der Waals surface area contributed by atoms with Gasteiger partial charge in [-0.15, -0.1) is 0 Å². The Morgan fingerprint density at radius 2 is 1.17 bits per heavy atom. The Bertz CT molecular complexity index is 756. The Labute approximate surface area is 284 Å². The van der Waals surface area contributed by atoms with E-state index in [1.165, 1.54) is 109 Å². The minimum atomic E-state index is -4.51. The van der Waals surface area contributed by atoms with Gasteiger partial charge in [-0.05, 0) is 32.1 Å². The van der Waals surface area contributed by atoms with E-state index in [0.29, 0.717) is 24.1 Å². The molecule has 0 fully saturated rings. The SMILES string of the molecule is CCC/C=C\CCCCCCCCOCC(COP(=O)([O-])OCC[N+](C)(C)C)OC(=O)CCCCCCCCCCCCCCC. The maximum absolute atomic E-state index is 12.6. The molecule has 0 saturated heterocycles. The van der Waals surface area contributed by atoms with Gasteiger partial charge in [-0.1, -0.05) is 135 Å². The van der Waals surface area contributed by atoms with Gasteiger partial charge in [0.2, 0.25) is 0 Å². The highest BCUT2D eigenvalue weighted by molar-refractivity contribution is 7.45. The van der Waals surface area contributed by atoms with Gasteiger partial charge in [0.15, 0.2) is 0 Å². The highest BCUT2D eigenvalue weighted by Gasteiger charge is 2.20. The van der Waals surface area contributed by atoms with E-state index in [4.69, 9.17) is 18.5 Å². The lowest BCUT2D eigenvalue weighted by Gasteiger charge is -2.28. The molecule has 0 aliphatic carbocycles. The van der Waals surface area contributed by atoms with Crippen molar-refractivity contribution in [3.05, 3.63) is 12.2 Å². The zero-order valence-corrected chi connectivity index (χ0v) is 31.7. The second kappa shape index (κ2) is 31.5. The summed E-state index contributed by atoms with van der Waals surface area (Å²) in [6, 6.07) is 0. The molecule has 0 aromatic rings. The summed E-state index contributed by atoms with van der Waals surface area (Å²) in [7, 11) is 1.36. The van der Waals surface area contributed by atoms with E-state index < -0.39 is 13.9 Å². The normalized spacial score (nSPS) is 14.1. The van der Waals surface area contributed by atoms with Gasteiger partial charge in [0.1, 0.15) is 19.3 Å². The standard InChI is InChI=1S/C37H74NO7P/c1-6-8-10-12-14-16-18-19-20-22-24-26-28-30-37(39)45-36(35-44-46(40,41)43-33-31-38(3,4)5)34-42-32-29-27-25-23-21-17-15-13-11-9-7-2/h11,13,36H,6-10,12,14-35H2,1-5H3/b13-11-. The van der Waals surface area contributed by atoms with Crippen molar-refractivity contribution in [1.82, 2.24) is 0 Å². The lowest BCUT2D eigenvalue weighted by molar-refractivity contribution is -0.870. The molecule has 0 spiro atoms. The number of hydrogen-bond donors (Lipinski definition) is 0. The Hall–Kier alpha value is -0.760. The van der Waals surface area contributed by atoms with Crippen molar-refractivity contribution in [3.63, 3.8) is 0 Å². The zero-order chi connectivity index (χ0) is 34.2. The molecular weight excluding hydrogens is 601 g/mol. The molecule has 0 aliphatic heterocycles. The summed E-state index contributed by atoms with van der Waals surface area (Å²) in [5, 5.41) is 0. The molecule has 0 amide bonds. The van der Waals surface area contributed by atoms with Crippen LogP contribution < -0.4 is 4.89 Å². The van der Waals surface area contributed by atoms with Crippen LogP contribution in [0.2, 0.25) is 0 Å². The average molecular weight is 676 g/mol. The number of allylic oxidation sites excluding steroid dienone is 2. The fraction of sp³-hybridized carbons (Fsp3) is 0.919. The first-order valence-electron chi connectivity index (χ1n) is 18.9. The lowest BCUT2D eigenvalue weighted by atomic mass is 10.0. The van der Waals surface area contributed by atoms with Crippen LogP contribution in [0.4, 0.5) is 0 Å². The van der Waals surface area contributed by atoms with E-state index in [1.807, 2.05) is 21.1 Å². The molecule has 8 nitrogen and oxygen atoms in total. The van der Waals surface area contributed by atoms with Gasteiger partial charge in [0, 0.05) is 13.0 Å². The van der Waals surface area contributed by atoms with E-state index >= 15 is 0 Å². The predicted octanol–water partition coefficient (Wildman–Crippen LogP) is 9.69. The molecule has 46 heavy (non-hydrogen) atoms. The Balaban J connectivity index is 4.29. The molecule has 0 aromatic carbocycles. The summed E-state index contributed by atoms with van der Waals surface area (Å²) in [6.07, 6.45) is 30.7. The topological polar surface area (TPSA) is 94.1 Å². The van der Waals surface area contributed by atoms with E-state index in [9.17, 15) is 14.3 Å². The largest absolute Gasteiger partial charge is 0.756 e. The van der Waals surface area contributed by atoms with E-state index in [0.717, 1.165) is 32.1 Å². The minimum Gasteiger partial charge on any atom is -0.756 e. The number of phosphoric ester groups is 1. The number of ether oxygens (including phenoxy) is 2. The van der Waals surface area contributed by atoms with Gasteiger partial charge in [-0.2, -0.15) is 0 Å². The highest BCUT2D eigenvalue weighted by Crippen LogP contribution is 2.38. The Morgan fingerprint density at radius 3 is 1.74 bits per heavy atom. The summed E-state index contributed by atoms with van der Waals surface area (Å²) >= 11 is 0. The van der Waals surface area contributed by atoms with Crippen molar-refractivity contribution in [2.45, 2.75) is 168 Å². The first-order valence-corrected chi connectivity index (χ1v) is 20.4. The van der Waals surface area contributed by atoms with Gasteiger partial charge in [0.25, 0.3) is 7.82 Å². The number of quaternary nitrogens is 1. The fourth-order valence-electron chi connectivity index (χ4n) is 5.08. The van der Waals surface area contributed by atoms with Crippen LogP contribution in [0, 0.1) is 0 Å². The molecule has 0 bridgehead atoms. The molecule has 274 valence electrons. The van der Waals surface area contributed by atoms with Crippen molar-refractivity contribution in [2.75, 3.05) is 54.1 Å². The smallest absolute Gasteiger partial charge is 0.306 e. The third-order valence-corrected chi connectivity index (χ3v) is 9.01. The number of likely N-dealkylation sites (N-methyl/N-ethyl adjacent to an activating group) is 1. The van der Waals surface area contributed by atoms with Crippen LogP contribution in [0.25, 0.3) is 0 Å². The van der Waals surface area contributed by atoms with E-state index in [1.54, 1.807) is 0 Å². The van der Waals surface area contributed by atoms with Crippen molar-refractivity contribution in [3.8, 4) is 0 Å². The molecule has 0 saturated carbocycles. The number of rotatable bonds is 35. The van der Waals surface area contributed by atoms with Gasteiger partial charge in [0.05, 0.1) is 34.4 Å². The number of hydrogen-bond acceptors (Lipinski definition) is 7. The average Bonchev–Trinajstić information content (AvgIpc) is 2.99. The fourth-order valence-corrected chi connectivity index (χ4v) is 5.81. The number of esters is 1. The van der Waals surface area contributed by atoms with Gasteiger partial charge >= 0.3 is 5.97 Å². The Kier molecular flexibility index (Phi) is 31.0. The quantitative estimate of drug-likeness (QED) is 0.0217. The highest BCUT2D eigenvalue weighted by atomic mass is 31.2. The summed E-state index contributed by atoms with van der Waals surface area (Å²) in [5.74, 6) is -0.337. The molecule has 0 N–H and O–H groups in total. The maximum atomic E-state index is 12.6. The molecule has 9 heteroatoms. The minimum absolute atomic E-state index is 0.0276. The first-order chi connectivity index (χ1) is 22.1. The van der Waals surface area contributed by atoms with Crippen LogP contribution in [0.1, 0.15) is 162 Å². The zero-order valence-electron chi connectivity index (χ0n) is 30.8. The van der Waals surface area contributed by atoms with Crippen molar-refractivity contribution >= 4 is 13.8 Å². The van der Waals surface area contributed by atoms with E-state index in [-0.39, 0.29) is 25.8 Å². The van der Waals surface area contributed by atoms with Crippen LogP contribution in [0.3, 0.4) is 0 Å². The third-order valence-electron chi connectivity index (χ3n) is 8.05.